The highest BCUT2D eigenvalue weighted by atomic mass is 35.5. The molecule has 4 aliphatic carbocycles. The van der Waals surface area contributed by atoms with Crippen molar-refractivity contribution in [2.45, 2.75) is 6.42 Å². The molecule has 3 fully saturated rings. The molecule has 1 aromatic carbocycles. The fraction of sp³-hybridized carbons (Fsp3) is 0.389. The summed E-state index contributed by atoms with van der Waals surface area (Å²) in [6.07, 6.45) is 5.28. The van der Waals surface area contributed by atoms with Crippen LogP contribution < -0.4 is 5.43 Å². The van der Waals surface area contributed by atoms with E-state index >= 15 is 0 Å². The fourth-order valence-electron chi connectivity index (χ4n) is 4.90. The largest absolute Gasteiger partial charge is 0.272 e. The minimum atomic E-state index is -0.590. The van der Waals surface area contributed by atoms with Crippen LogP contribution in [0.15, 0.2) is 30.4 Å². The zero-order valence-corrected chi connectivity index (χ0v) is 14.5. The Labute approximate surface area is 153 Å². The van der Waals surface area contributed by atoms with Crippen molar-refractivity contribution >= 4 is 40.9 Å². The first-order chi connectivity index (χ1) is 12.0. The maximum absolute atomic E-state index is 12.8. The van der Waals surface area contributed by atoms with Crippen LogP contribution in [0.1, 0.15) is 16.8 Å². The van der Waals surface area contributed by atoms with Crippen LogP contribution in [0.5, 0.6) is 0 Å². The maximum atomic E-state index is 12.8. The lowest BCUT2D eigenvalue weighted by Crippen LogP contribution is -2.47. The van der Waals surface area contributed by atoms with E-state index in [4.69, 9.17) is 23.2 Å². The number of hydrogen-bond acceptors (Lipinski definition) is 3. The van der Waals surface area contributed by atoms with Gasteiger partial charge >= 0.3 is 0 Å². The molecule has 1 saturated heterocycles. The van der Waals surface area contributed by atoms with Gasteiger partial charge in [-0.2, -0.15) is 5.01 Å². The molecule has 0 unspecified atom stereocenters. The highest BCUT2D eigenvalue weighted by Gasteiger charge is 2.67. The van der Waals surface area contributed by atoms with Crippen LogP contribution in [0.25, 0.3) is 0 Å². The summed E-state index contributed by atoms with van der Waals surface area (Å²) in [4.78, 5) is 38.1. The first-order valence-electron chi connectivity index (χ1n) is 8.29. The lowest BCUT2D eigenvalue weighted by Gasteiger charge is -2.37. The summed E-state index contributed by atoms with van der Waals surface area (Å²) in [7, 11) is 0. The van der Waals surface area contributed by atoms with E-state index in [9.17, 15) is 14.4 Å². The quantitative estimate of drug-likeness (QED) is 0.637. The third-order valence-electron chi connectivity index (χ3n) is 6.05. The topological polar surface area (TPSA) is 66.5 Å². The van der Waals surface area contributed by atoms with Crippen LogP contribution in [0.4, 0.5) is 0 Å². The number of rotatable bonds is 2. The van der Waals surface area contributed by atoms with Crippen molar-refractivity contribution in [3.05, 3.63) is 46.0 Å². The molecule has 3 amide bonds. The molecule has 6 rings (SSSR count). The van der Waals surface area contributed by atoms with Gasteiger partial charge in [0.25, 0.3) is 17.7 Å². The molecule has 2 saturated carbocycles. The Hall–Kier alpha value is -1.85. The van der Waals surface area contributed by atoms with Crippen LogP contribution >= 0.6 is 23.2 Å². The first-order valence-corrected chi connectivity index (χ1v) is 9.05. The second kappa shape index (κ2) is 5.08. The van der Waals surface area contributed by atoms with E-state index in [2.05, 4.69) is 17.6 Å². The summed E-state index contributed by atoms with van der Waals surface area (Å²) in [6.45, 7) is 0. The lowest BCUT2D eigenvalue weighted by atomic mass is 9.63. The number of hydrogen-bond donors (Lipinski definition) is 1. The highest BCUT2D eigenvalue weighted by Crippen LogP contribution is 2.65. The summed E-state index contributed by atoms with van der Waals surface area (Å²) in [5.41, 5.74) is 2.62. The molecule has 5 aliphatic rings. The van der Waals surface area contributed by atoms with Crippen molar-refractivity contribution in [2.24, 2.45) is 35.5 Å². The number of carbonyl (C=O) groups excluding carboxylic acids is 3. The fourth-order valence-corrected chi connectivity index (χ4v) is 5.40. The van der Waals surface area contributed by atoms with Crippen LogP contribution in [0.2, 0.25) is 10.0 Å². The van der Waals surface area contributed by atoms with Gasteiger partial charge in [0.1, 0.15) is 0 Å². The summed E-state index contributed by atoms with van der Waals surface area (Å²) in [5.74, 6) is -0.595. The molecule has 7 heteroatoms. The number of amides is 3. The maximum Gasteiger partial charge on any atom is 0.271 e. The van der Waals surface area contributed by atoms with E-state index in [1.165, 1.54) is 18.2 Å². The van der Waals surface area contributed by atoms with Gasteiger partial charge in [-0.15, -0.1) is 0 Å². The van der Waals surface area contributed by atoms with Gasteiger partial charge in [0, 0.05) is 5.02 Å². The number of nitrogens with zero attached hydrogens (tertiary/aromatic N) is 1. The van der Waals surface area contributed by atoms with E-state index in [1.54, 1.807) is 0 Å². The molecule has 5 nitrogen and oxygen atoms in total. The van der Waals surface area contributed by atoms with Crippen molar-refractivity contribution in [2.75, 3.05) is 0 Å². The predicted octanol–water partition coefficient (Wildman–Crippen LogP) is 2.69. The Morgan fingerprint density at radius 2 is 1.64 bits per heavy atom. The molecule has 0 aromatic heterocycles. The third kappa shape index (κ3) is 2.06. The van der Waals surface area contributed by atoms with Gasteiger partial charge in [-0.05, 0) is 48.3 Å². The zero-order chi connectivity index (χ0) is 17.5. The van der Waals surface area contributed by atoms with Crippen LogP contribution in [0.3, 0.4) is 0 Å². The Bertz CT molecular complexity index is 832. The second-order valence-electron chi connectivity index (χ2n) is 7.23. The number of carbonyl (C=O) groups is 3. The lowest BCUT2D eigenvalue weighted by molar-refractivity contribution is -0.143. The summed E-state index contributed by atoms with van der Waals surface area (Å²) in [6, 6.07) is 4.45. The highest BCUT2D eigenvalue weighted by molar-refractivity contribution is 6.36. The van der Waals surface area contributed by atoms with E-state index in [0.29, 0.717) is 16.9 Å². The SMILES string of the molecule is O=C(NN1C(=O)[C@@H]2[C@@H]3C=C[C@H]([C@@H]4C[C@H]34)[C@@H]2C1=O)c1ccc(Cl)cc1Cl. The van der Waals surface area contributed by atoms with Crippen molar-refractivity contribution in [3.8, 4) is 0 Å². The van der Waals surface area contributed by atoms with Crippen molar-refractivity contribution in [3.63, 3.8) is 0 Å². The van der Waals surface area contributed by atoms with Crippen molar-refractivity contribution in [1.82, 2.24) is 10.4 Å². The van der Waals surface area contributed by atoms with Gasteiger partial charge < -0.3 is 0 Å². The first kappa shape index (κ1) is 15.4. The molecule has 1 N–H and O–H groups in total. The standard InChI is InChI=1S/C18H14Cl2N2O3/c19-7-1-2-10(13(20)5-7)16(23)21-22-17(24)14-8-3-4-9(12-6-11(8)12)15(14)18(22)25/h1-5,8-9,11-12,14-15H,6H2,(H,21,23)/t8-,9-,11-,12+,14-,15+/m1/s1. The Morgan fingerprint density at radius 1 is 1.04 bits per heavy atom. The van der Waals surface area contributed by atoms with Crippen LogP contribution in [-0.4, -0.2) is 22.7 Å². The molecule has 1 aromatic rings. The number of hydrazine groups is 1. The van der Waals surface area contributed by atoms with Gasteiger partial charge in [0.15, 0.2) is 0 Å². The average molecular weight is 377 g/mol. The molecular weight excluding hydrogens is 363 g/mol. The van der Waals surface area contributed by atoms with Gasteiger partial charge in [0.05, 0.1) is 22.4 Å². The van der Waals surface area contributed by atoms with Crippen LogP contribution in [-0.2, 0) is 9.59 Å². The number of allylic oxidation sites excluding steroid dienone is 2. The Balaban J connectivity index is 1.42. The molecule has 1 aliphatic heterocycles. The molecule has 128 valence electrons. The van der Waals surface area contributed by atoms with Gasteiger partial charge in [-0.1, -0.05) is 35.4 Å². The second-order valence-corrected chi connectivity index (χ2v) is 8.08. The summed E-state index contributed by atoms with van der Waals surface area (Å²) < 4.78 is 0. The number of benzene rings is 1. The van der Waals surface area contributed by atoms with E-state index in [0.717, 1.165) is 11.4 Å². The average Bonchev–Trinajstić information content (AvgIpc) is 3.36. The van der Waals surface area contributed by atoms with Crippen molar-refractivity contribution < 1.29 is 14.4 Å². The van der Waals surface area contributed by atoms with Crippen molar-refractivity contribution in [1.29, 1.82) is 0 Å². The molecule has 1 heterocycles. The molecule has 2 bridgehead atoms. The monoisotopic (exact) mass is 376 g/mol. The molecule has 0 spiro atoms. The van der Waals surface area contributed by atoms with Gasteiger partial charge in [-0.3, -0.25) is 19.8 Å². The predicted molar refractivity (Wildman–Crippen MR) is 90.5 cm³/mol. The molecule has 0 radical (unpaired) electrons. The molecule has 25 heavy (non-hydrogen) atoms. The summed E-state index contributed by atoms with van der Waals surface area (Å²) in [5, 5.41) is 1.48. The molecule has 6 atom stereocenters. The Kier molecular flexibility index (Phi) is 3.13. The van der Waals surface area contributed by atoms with Crippen LogP contribution in [0, 0.1) is 35.5 Å². The minimum absolute atomic E-state index is 0.123. The number of imide groups is 1. The molecular formula is C18H14Cl2N2O3. The minimum Gasteiger partial charge on any atom is -0.272 e. The van der Waals surface area contributed by atoms with E-state index in [-0.39, 0.29) is 46.1 Å². The third-order valence-corrected chi connectivity index (χ3v) is 6.60. The zero-order valence-electron chi connectivity index (χ0n) is 13.0. The van der Waals surface area contributed by atoms with Gasteiger partial charge in [-0.25, -0.2) is 0 Å². The number of halogens is 2. The van der Waals surface area contributed by atoms with Gasteiger partial charge in [0.2, 0.25) is 0 Å². The summed E-state index contributed by atoms with van der Waals surface area (Å²) >= 11 is 11.9. The normalized spacial score (nSPS) is 37.1. The van der Waals surface area contributed by atoms with E-state index in [1.807, 2.05) is 0 Å². The number of nitrogens with one attached hydrogen (secondary N) is 1. The van der Waals surface area contributed by atoms with E-state index < -0.39 is 5.91 Å². The smallest absolute Gasteiger partial charge is 0.271 e. The Morgan fingerprint density at radius 3 is 2.20 bits per heavy atom.